The van der Waals surface area contributed by atoms with E-state index in [0.717, 1.165) is 16.3 Å². The van der Waals surface area contributed by atoms with Gasteiger partial charge in [0.05, 0.1) is 19.0 Å². The summed E-state index contributed by atoms with van der Waals surface area (Å²) >= 11 is 6.03. The number of nitrogens with zero attached hydrogens (tertiary/aromatic N) is 3. The van der Waals surface area contributed by atoms with Crippen molar-refractivity contribution < 1.29 is 13.6 Å². The molecule has 3 aromatic heterocycles. The highest BCUT2D eigenvalue weighted by Gasteiger charge is 2.15. The summed E-state index contributed by atoms with van der Waals surface area (Å²) in [5.74, 6) is 0.365. The van der Waals surface area contributed by atoms with Gasteiger partial charge in [0.1, 0.15) is 12.3 Å². The maximum Gasteiger partial charge on any atom is 0.336 e. The van der Waals surface area contributed by atoms with Gasteiger partial charge in [0.15, 0.2) is 11.2 Å². The van der Waals surface area contributed by atoms with Crippen LogP contribution in [-0.2, 0) is 13.2 Å². The summed E-state index contributed by atoms with van der Waals surface area (Å²) in [5, 5.41) is 10.5. The molecule has 5 rings (SSSR count). The number of hydrogen-bond donors (Lipinski definition) is 0. The van der Waals surface area contributed by atoms with Gasteiger partial charge in [-0.2, -0.15) is 0 Å². The lowest BCUT2D eigenvalue weighted by atomic mass is 10.1. The molecule has 0 N–H and O–H groups in total. The van der Waals surface area contributed by atoms with Crippen LogP contribution in [0, 0.1) is 0 Å². The third kappa shape index (κ3) is 3.48. The van der Waals surface area contributed by atoms with E-state index >= 15 is 0 Å². The summed E-state index contributed by atoms with van der Waals surface area (Å²) in [6.07, 6.45) is 3.36. The van der Waals surface area contributed by atoms with Crippen molar-refractivity contribution in [2.45, 2.75) is 13.2 Å². The first-order valence-corrected chi connectivity index (χ1v) is 9.24. The van der Waals surface area contributed by atoms with Crippen LogP contribution in [0.2, 0.25) is 5.02 Å². The van der Waals surface area contributed by atoms with E-state index in [9.17, 15) is 4.79 Å². The average Bonchev–Trinajstić information content (AvgIpc) is 3.35. The number of rotatable bonds is 5. The monoisotopic (exact) mass is 407 g/mol. The highest BCUT2D eigenvalue weighted by atomic mass is 35.5. The molecule has 7 nitrogen and oxygen atoms in total. The summed E-state index contributed by atoms with van der Waals surface area (Å²) in [6, 6.07) is 14.3. The lowest BCUT2D eigenvalue weighted by Gasteiger charge is -2.07. The fourth-order valence-electron chi connectivity index (χ4n) is 3.19. The molecule has 0 aliphatic rings. The molecule has 144 valence electrons. The Morgan fingerprint density at radius 1 is 1.07 bits per heavy atom. The molecule has 0 atom stereocenters. The van der Waals surface area contributed by atoms with Gasteiger partial charge in [0.2, 0.25) is 5.75 Å². The van der Waals surface area contributed by atoms with E-state index in [1.54, 1.807) is 23.2 Å². The molecule has 0 saturated heterocycles. The highest BCUT2D eigenvalue weighted by Crippen LogP contribution is 2.35. The quantitative estimate of drug-likeness (QED) is 0.401. The van der Waals surface area contributed by atoms with Crippen molar-refractivity contribution in [3.05, 3.63) is 87.7 Å². The molecule has 3 heterocycles. The van der Waals surface area contributed by atoms with Gasteiger partial charge in [0.25, 0.3) is 0 Å². The molecule has 0 aliphatic carbocycles. The van der Waals surface area contributed by atoms with Crippen molar-refractivity contribution in [1.82, 2.24) is 15.0 Å². The van der Waals surface area contributed by atoms with Gasteiger partial charge in [0, 0.05) is 21.9 Å². The first kappa shape index (κ1) is 17.5. The fraction of sp³-hybridized carbons (Fsp3) is 0.0952. The molecule has 29 heavy (non-hydrogen) atoms. The normalized spacial score (nSPS) is 11.3. The Hall–Kier alpha value is -3.58. The van der Waals surface area contributed by atoms with Crippen molar-refractivity contribution in [2.75, 3.05) is 0 Å². The first-order chi connectivity index (χ1) is 14.2. The zero-order valence-corrected chi connectivity index (χ0v) is 15.8. The Balaban J connectivity index is 1.42. The van der Waals surface area contributed by atoms with Gasteiger partial charge in [-0.05, 0) is 35.9 Å². The van der Waals surface area contributed by atoms with Gasteiger partial charge < -0.3 is 13.6 Å². The van der Waals surface area contributed by atoms with Crippen molar-refractivity contribution in [3.8, 4) is 5.75 Å². The molecule has 2 aromatic carbocycles. The summed E-state index contributed by atoms with van der Waals surface area (Å²) in [4.78, 5) is 11.7. The van der Waals surface area contributed by atoms with Gasteiger partial charge in [-0.1, -0.05) is 28.9 Å². The number of fused-ring (bicyclic) bond motifs is 2. The highest BCUT2D eigenvalue weighted by molar-refractivity contribution is 6.30. The molecular weight excluding hydrogens is 394 g/mol. The molecule has 5 aromatic rings. The first-order valence-electron chi connectivity index (χ1n) is 8.86. The van der Waals surface area contributed by atoms with Crippen LogP contribution in [0.25, 0.3) is 21.9 Å². The standard InChI is InChI=1S/C21H14ClN3O4/c22-16-3-1-2-13(8-16)10-25-11-17(23-24-25)12-28-21-19-15(6-7-27-19)9-14-4-5-18(26)29-20(14)21/h1-9,11H,10,12H2. The van der Waals surface area contributed by atoms with Crippen LogP contribution in [0.5, 0.6) is 5.75 Å². The van der Waals surface area contributed by atoms with E-state index in [2.05, 4.69) is 10.3 Å². The molecular formula is C21H14ClN3O4. The summed E-state index contributed by atoms with van der Waals surface area (Å²) < 4.78 is 18.6. The van der Waals surface area contributed by atoms with E-state index in [1.807, 2.05) is 36.4 Å². The molecule has 0 aliphatic heterocycles. The minimum atomic E-state index is -0.458. The Morgan fingerprint density at radius 3 is 2.86 bits per heavy atom. The van der Waals surface area contributed by atoms with E-state index < -0.39 is 5.63 Å². The fourth-order valence-corrected chi connectivity index (χ4v) is 3.40. The van der Waals surface area contributed by atoms with Crippen molar-refractivity contribution in [2.24, 2.45) is 0 Å². The third-order valence-electron chi connectivity index (χ3n) is 4.47. The molecule has 8 heteroatoms. The number of benzene rings is 2. The predicted octanol–water partition coefficient (Wildman–Crippen LogP) is 4.41. The number of aromatic nitrogens is 3. The van der Waals surface area contributed by atoms with Gasteiger partial charge in [-0.3, -0.25) is 0 Å². The minimum Gasteiger partial charge on any atom is -0.480 e. The van der Waals surface area contributed by atoms with Crippen molar-refractivity contribution in [1.29, 1.82) is 0 Å². The van der Waals surface area contributed by atoms with Gasteiger partial charge >= 0.3 is 5.63 Å². The van der Waals surface area contributed by atoms with Crippen LogP contribution in [0.15, 0.2) is 74.6 Å². The zero-order chi connectivity index (χ0) is 19.8. The smallest absolute Gasteiger partial charge is 0.336 e. The number of hydrogen-bond acceptors (Lipinski definition) is 6. The maximum absolute atomic E-state index is 11.7. The van der Waals surface area contributed by atoms with Crippen LogP contribution in [0.4, 0.5) is 0 Å². The maximum atomic E-state index is 11.7. The molecule has 0 fully saturated rings. The second kappa shape index (κ2) is 7.10. The number of halogens is 1. The molecule has 0 saturated carbocycles. The Kier molecular flexibility index (Phi) is 4.29. The average molecular weight is 408 g/mol. The SMILES string of the molecule is O=c1ccc2cc3ccoc3c(OCc3cn(Cc4cccc(Cl)c4)nn3)c2o1. The molecule has 0 amide bonds. The topological polar surface area (TPSA) is 83.3 Å². The Morgan fingerprint density at radius 2 is 1.97 bits per heavy atom. The summed E-state index contributed by atoms with van der Waals surface area (Å²) in [5.41, 5.74) is 2.04. The van der Waals surface area contributed by atoms with Crippen LogP contribution in [0.1, 0.15) is 11.3 Å². The van der Waals surface area contributed by atoms with Crippen LogP contribution in [-0.4, -0.2) is 15.0 Å². The summed E-state index contributed by atoms with van der Waals surface area (Å²) in [7, 11) is 0. The molecule has 0 spiro atoms. The van der Waals surface area contributed by atoms with E-state index in [1.165, 1.54) is 6.07 Å². The van der Waals surface area contributed by atoms with Crippen molar-refractivity contribution in [3.63, 3.8) is 0 Å². The Labute approximate surface area is 169 Å². The van der Waals surface area contributed by atoms with E-state index in [-0.39, 0.29) is 6.61 Å². The second-order valence-corrected chi connectivity index (χ2v) is 6.98. The van der Waals surface area contributed by atoms with Gasteiger partial charge in [-0.15, -0.1) is 5.10 Å². The van der Waals surface area contributed by atoms with Crippen LogP contribution in [0.3, 0.4) is 0 Å². The Bertz CT molecular complexity index is 1390. The third-order valence-corrected chi connectivity index (χ3v) is 4.70. The molecule has 0 unspecified atom stereocenters. The number of ether oxygens (including phenoxy) is 1. The predicted molar refractivity (Wildman–Crippen MR) is 107 cm³/mol. The zero-order valence-electron chi connectivity index (χ0n) is 15.0. The largest absolute Gasteiger partial charge is 0.480 e. The molecule has 0 radical (unpaired) electrons. The van der Waals surface area contributed by atoms with E-state index in [0.29, 0.717) is 34.2 Å². The lowest BCUT2D eigenvalue weighted by molar-refractivity contribution is 0.298. The van der Waals surface area contributed by atoms with Crippen LogP contribution >= 0.6 is 11.6 Å². The molecule has 0 bridgehead atoms. The van der Waals surface area contributed by atoms with Gasteiger partial charge in [-0.25, -0.2) is 9.48 Å². The number of furan rings is 1. The second-order valence-electron chi connectivity index (χ2n) is 6.54. The van der Waals surface area contributed by atoms with E-state index in [4.69, 9.17) is 25.2 Å². The lowest BCUT2D eigenvalue weighted by Crippen LogP contribution is -2.01. The van der Waals surface area contributed by atoms with Crippen LogP contribution < -0.4 is 10.4 Å². The summed E-state index contributed by atoms with van der Waals surface area (Å²) in [6.45, 7) is 0.683. The van der Waals surface area contributed by atoms with Crippen molar-refractivity contribution >= 4 is 33.5 Å². The minimum absolute atomic E-state index is 0.142.